The van der Waals surface area contributed by atoms with Crippen LogP contribution in [0.15, 0.2) is 70.6 Å². The molecular formula is C24H22ClNO6S. The van der Waals surface area contributed by atoms with Crippen molar-refractivity contribution in [2.75, 3.05) is 6.61 Å². The third-order valence-electron chi connectivity index (χ3n) is 5.94. The van der Waals surface area contributed by atoms with Crippen molar-refractivity contribution in [3.8, 4) is 5.75 Å². The second-order valence-corrected chi connectivity index (χ2v) is 9.57. The molecule has 1 fully saturated rings. The van der Waals surface area contributed by atoms with Gasteiger partial charge in [-0.25, -0.2) is 0 Å². The lowest BCUT2D eigenvalue weighted by atomic mass is 9.98. The van der Waals surface area contributed by atoms with E-state index in [1.807, 2.05) is 30.3 Å². The molecule has 1 saturated heterocycles. The molecule has 0 saturated carbocycles. The Bertz CT molecular complexity index is 1330. The number of ether oxygens (including phenoxy) is 1. The lowest BCUT2D eigenvalue weighted by Crippen LogP contribution is -2.56. The molecule has 3 aromatic carbocycles. The number of phenolic OH excluding ortho intramolecular Hbond substituents is 1. The van der Waals surface area contributed by atoms with Crippen LogP contribution in [-0.2, 0) is 4.74 Å². The van der Waals surface area contributed by atoms with E-state index < -0.39 is 37.3 Å². The second-order valence-electron chi connectivity index (χ2n) is 8.05. The molecule has 0 aliphatic carbocycles. The van der Waals surface area contributed by atoms with E-state index in [0.29, 0.717) is 10.5 Å². The van der Waals surface area contributed by atoms with Gasteiger partial charge < -0.3 is 34.8 Å². The van der Waals surface area contributed by atoms with E-state index in [4.69, 9.17) is 16.3 Å². The Labute approximate surface area is 198 Å². The minimum atomic E-state index is -1.48. The quantitative estimate of drug-likeness (QED) is 0.300. The van der Waals surface area contributed by atoms with Crippen molar-refractivity contribution in [1.82, 2.24) is 4.57 Å². The van der Waals surface area contributed by atoms with E-state index in [-0.39, 0.29) is 5.75 Å². The first-order valence-electron chi connectivity index (χ1n) is 10.4. The van der Waals surface area contributed by atoms with Gasteiger partial charge in [-0.3, -0.25) is 0 Å². The number of halogens is 1. The zero-order valence-electron chi connectivity index (χ0n) is 17.2. The van der Waals surface area contributed by atoms with Gasteiger partial charge in [0.2, 0.25) is 0 Å². The molecule has 5 atom stereocenters. The van der Waals surface area contributed by atoms with E-state index in [9.17, 15) is 25.5 Å². The predicted octanol–water partition coefficient (Wildman–Crippen LogP) is 3.28. The van der Waals surface area contributed by atoms with Crippen LogP contribution >= 0.6 is 23.4 Å². The summed E-state index contributed by atoms with van der Waals surface area (Å²) in [5, 5.41) is 53.5. The first-order chi connectivity index (χ1) is 15.9. The van der Waals surface area contributed by atoms with Crippen LogP contribution < -0.4 is 0 Å². The molecule has 0 bridgehead atoms. The number of phenols is 1. The van der Waals surface area contributed by atoms with Crippen molar-refractivity contribution in [2.45, 2.75) is 40.4 Å². The van der Waals surface area contributed by atoms with Crippen LogP contribution in [0.1, 0.15) is 6.23 Å². The standard InChI is InChI=1S/C24H22ClNO6S/c25-16-2-1-3-17-20(16)19(33-15-7-5-12-8-14(28)6-4-13(12)9-15)10-26(17)24-23(31)22(30)21(29)18(11-27)32-24/h1-10,18,21-24,27-31H,11H2/t18-,21-,22+,23-,24-/m1/s1. The maximum absolute atomic E-state index is 10.6. The number of benzene rings is 3. The molecule has 9 heteroatoms. The van der Waals surface area contributed by atoms with Gasteiger partial charge in [-0.2, -0.15) is 0 Å². The van der Waals surface area contributed by atoms with Crippen LogP contribution in [0.2, 0.25) is 5.02 Å². The Morgan fingerprint density at radius 1 is 0.939 bits per heavy atom. The van der Waals surface area contributed by atoms with Gasteiger partial charge in [-0.05, 0) is 47.2 Å². The average molecular weight is 488 g/mol. The summed E-state index contributed by atoms with van der Waals surface area (Å²) >= 11 is 8.03. The predicted molar refractivity (Wildman–Crippen MR) is 126 cm³/mol. The summed E-state index contributed by atoms with van der Waals surface area (Å²) in [5.41, 5.74) is 0.681. The molecule has 0 amide bonds. The van der Waals surface area contributed by atoms with Gasteiger partial charge in [-0.1, -0.05) is 41.6 Å². The normalized spacial score (nSPS) is 25.7. The van der Waals surface area contributed by atoms with Crippen molar-refractivity contribution in [3.05, 3.63) is 65.8 Å². The molecule has 1 aromatic heterocycles. The SMILES string of the molecule is OC[C@H]1O[C@@H](n2cc(Sc3ccc4cc(O)ccc4c3)c3c(Cl)cccc32)[C@H](O)[C@@H](O)[C@@H]1O. The summed E-state index contributed by atoms with van der Waals surface area (Å²) in [4.78, 5) is 1.76. The zero-order valence-corrected chi connectivity index (χ0v) is 18.8. The van der Waals surface area contributed by atoms with Crippen LogP contribution in [0, 0.1) is 0 Å². The Morgan fingerprint density at radius 2 is 1.70 bits per heavy atom. The molecular weight excluding hydrogens is 466 g/mol. The highest BCUT2D eigenvalue weighted by Crippen LogP contribution is 2.42. The maximum Gasteiger partial charge on any atom is 0.163 e. The molecule has 7 nitrogen and oxygen atoms in total. The molecule has 1 aliphatic heterocycles. The minimum Gasteiger partial charge on any atom is -0.508 e. The lowest BCUT2D eigenvalue weighted by Gasteiger charge is -2.40. The van der Waals surface area contributed by atoms with E-state index in [2.05, 4.69) is 0 Å². The van der Waals surface area contributed by atoms with Crippen molar-refractivity contribution < 1.29 is 30.3 Å². The van der Waals surface area contributed by atoms with E-state index in [0.717, 1.165) is 25.9 Å². The van der Waals surface area contributed by atoms with Crippen molar-refractivity contribution in [3.63, 3.8) is 0 Å². The van der Waals surface area contributed by atoms with Gasteiger partial charge in [0, 0.05) is 21.4 Å². The molecule has 5 rings (SSSR count). The summed E-state index contributed by atoms with van der Waals surface area (Å²) in [6.45, 7) is -0.504. The summed E-state index contributed by atoms with van der Waals surface area (Å²) in [7, 11) is 0. The van der Waals surface area contributed by atoms with Crippen molar-refractivity contribution in [2.24, 2.45) is 0 Å². The lowest BCUT2D eigenvalue weighted by molar-refractivity contribution is -0.250. The second kappa shape index (κ2) is 8.81. The maximum atomic E-state index is 10.6. The van der Waals surface area contributed by atoms with Gasteiger partial charge in [0.15, 0.2) is 6.23 Å². The van der Waals surface area contributed by atoms with E-state index in [1.54, 1.807) is 35.0 Å². The third-order valence-corrected chi connectivity index (χ3v) is 7.27. The van der Waals surface area contributed by atoms with E-state index >= 15 is 0 Å². The molecule has 33 heavy (non-hydrogen) atoms. The van der Waals surface area contributed by atoms with Crippen LogP contribution in [0.4, 0.5) is 0 Å². The molecule has 4 aromatic rings. The first kappa shape index (κ1) is 22.5. The number of hydrogen-bond acceptors (Lipinski definition) is 7. The Morgan fingerprint density at radius 3 is 2.48 bits per heavy atom. The van der Waals surface area contributed by atoms with Gasteiger partial charge >= 0.3 is 0 Å². The third kappa shape index (κ3) is 3.98. The Kier molecular flexibility index (Phi) is 6.00. The van der Waals surface area contributed by atoms with Gasteiger partial charge in [-0.15, -0.1) is 0 Å². The van der Waals surface area contributed by atoms with Crippen LogP contribution in [-0.4, -0.2) is 61.1 Å². The highest BCUT2D eigenvalue weighted by molar-refractivity contribution is 7.99. The molecule has 172 valence electrons. The number of rotatable bonds is 4. The molecule has 0 radical (unpaired) electrons. The van der Waals surface area contributed by atoms with Gasteiger partial charge in [0.1, 0.15) is 30.2 Å². The largest absolute Gasteiger partial charge is 0.508 e. The Balaban J connectivity index is 1.58. The van der Waals surface area contributed by atoms with Gasteiger partial charge in [0.05, 0.1) is 17.1 Å². The molecule has 1 aliphatic rings. The number of aliphatic hydroxyl groups is 4. The number of aromatic hydroxyl groups is 1. The van der Waals surface area contributed by atoms with Crippen molar-refractivity contribution in [1.29, 1.82) is 0 Å². The van der Waals surface area contributed by atoms with E-state index in [1.165, 1.54) is 11.8 Å². The number of aromatic nitrogens is 1. The van der Waals surface area contributed by atoms with Crippen molar-refractivity contribution >= 4 is 45.0 Å². The summed E-state index contributed by atoms with van der Waals surface area (Å²) < 4.78 is 7.45. The number of nitrogens with zero attached hydrogens (tertiary/aromatic N) is 1. The van der Waals surface area contributed by atoms with Crippen LogP contribution in [0.3, 0.4) is 0 Å². The molecule has 5 N–H and O–H groups in total. The molecule has 0 spiro atoms. The fourth-order valence-electron chi connectivity index (χ4n) is 4.23. The average Bonchev–Trinajstić information content (AvgIpc) is 3.17. The number of hydrogen-bond donors (Lipinski definition) is 5. The zero-order chi connectivity index (χ0) is 23.3. The monoisotopic (exact) mass is 487 g/mol. The fourth-order valence-corrected chi connectivity index (χ4v) is 5.62. The summed E-state index contributed by atoms with van der Waals surface area (Å²) in [5.74, 6) is 0.206. The highest BCUT2D eigenvalue weighted by Gasteiger charge is 2.44. The molecule has 0 unspecified atom stereocenters. The first-order valence-corrected chi connectivity index (χ1v) is 11.6. The topological polar surface area (TPSA) is 115 Å². The summed E-state index contributed by atoms with van der Waals surface area (Å²) in [6.07, 6.45) is -4.59. The summed E-state index contributed by atoms with van der Waals surface area (Å²) in [6, 6.07) is 16.4. The number of fused-ring (bicyclic) bond motifs is 2. The molecule has 2 heterocycles. The fraction of sp³-hybridized carbons (Fsp3) is 0.250. The van der Waals surface area contributed by atoms with Crippen LogP contribution in [0.5, 0.6) is 5.75 Å². The minimum absolute atomic E-state index is 0.206. The number of aliphatic hydroxyl groups excluding tert-OH is 4. The van der Waals surface area contributed by atoms with Crippen LogP contribution in [0.25, 0.3) is 21.7 Å². The Hall–Kier alpha value is -2.30. The van der Waals surface area contributed by atoms with Gasteiger partial charge in [0.25, 0.3) is 0 Å². The highest BCUT2D eigenvalue weighted by atomic mass is 35.5. The smallest absolute Gasteiger partial charge is 0.163 e.